The van der Waals surface area contributed by atoms with Gasteiger partial charge < -0.3 is 14.7 Å². The van der Waals surface area contributed by atoms with Crippen molar-refractivity contribution in [3.8, 4) is 0 Å². The predicted molar refractivity (Wildman–Crippen MR) is 68.1 cm³/mol. The van der Waals surface area contributed by atoms with Crippen LogP contribution in [0, 0.1) is 5.92 Å². The number of nitrogens with zero attached hydrogens (tertiary/aromatic N) is 2. The van der Waals surface area contributed by atoms with Gasteiger partial charge in [-0.1, -0.05) is 6.92 Å². The lowest BCUT2D eigenvalue weighted by Crippen LogP contribution is -2.48. The molecule has 1 saturated heterocycles. The molecule has 0 aromatic carbocycles. The Hall–Kier alpha value is -0.160. The molecule has 4 nitrogen and oxygen atoms in total. The van der Waals surface area contributed by atoms with Gasteiger partial charge in [-0.15, -0.1) is 0 Å². The normalized spacial score (nSPS) is 34.9. The molecule has 0 radical (unpaired) electrons. The highest BCUT2D eigenvalue weighted by Crippen LogP contribution is 2.27. The van der Waals surface area contributed by atoms with Crippen LogP contribution in [0.1, 0.15) is 19.8 Å². The molecule has 1 unspecified atom stereocenters. The highest BCUT2D eigenvalue weighted by molar-refractivity contribution is 4.82. The van der Waals surface area contributed by atoms with Crippen molar-refractivity contribution in [3.63, 3.8) is 0 Å². The highest BCUT2D eigenvalue weighted by atomic mass is 16.5. The third-order valence-corrected chi connectivity index (χ3v) is 3.97. The van der Waals surface area contributed by atoms with Crippen molar-refractivity contribution in [1.29, 1.82) is 0 Å². The topological polar surface area (TPSA) is 35.9 Å². The zero-order valence-electron chi connectivity index (χ0n) is 11.1. The summed E-state index contributed by atoms with van der Waals surface area (Å²) >= 11 is 0. The van der Waals surface area contributed by atoms with Gasteiger partial charge in [-0.3, -0.25) is 4.90 Å². The fourth-order valence-corrected chi connectivity index (χ4v) is 2.89. The highest BCUT2D eigenvalue weighted by Gasteiger charge is 2.29. The van der Waals surface area contributed by atoms with Crippen LogP contribution in [0.5, 0.6) is 0 Å². The number of hydrogen-bond donors (Lipinski definition) is 1. The molecular formula is C13H26N2O2. The van der Waals surface area contributed by atoms with Crippen molar-refractivity contribution in [1.82, 2.24) is 9.80 Å². The van der Waals surface area contributed by atoms with Crippen molar-refractivity contribution in [2.75, 3.05) is 46.4 Å². The molecule has 1 atom stereocenters. The number of aliphatic hydroxyl groups is 1. The lowest BCUT2D eigenvalue weighted by molar-refractivity contribution is -0.0450. The lowest BCUT2D eigenvalue weighted by atomic mass is 9.82. The van der Waals surface area contributed by atoms with E-state index in [9.17, 15) is 5.11 Å². The second-order valence-corrected chi connectivity index (χ2v) is 5.60. The molecule has 100 valence electrons. The van der Waals surface area contributed by atoms with E-state index >= 15 is 0 Å². The molecular weight excluding hydrogens is 216 g/mol. The van der Waals surface area contributed by atoms with Crippen molar-refractivity contribution >= 4 is 0 Å². The molecule has 1 heterocycles. The van der Waals surface area contributed by atoms with Crippen LogP contribution in [-0.2, 0) is 4.74 Å². The summed E-state index contributed by atoms with van der Waals surface area (Å²) in [6.07, 6.45) is 2.29. The molecule has 1 N–H and O–H groups in total. The average Bonchev–Trinajstić information content (AvgIpc) is 2.27. The smallest absolute Gasteiger partial charge is 0.0829 e. The maximum absolute atomic E-state index is 9.27. The minimum Gasteiger partial charge on any atom is -0.393 e. The number of likely N-dealkylation sites (N-methyl/N-ethyl adjacent to an activating group) is 2. The van der Waals surface area contributed by atoms with E-state index in [0.717, 1.165) is 52.2 Å². The fraction of sp³-hybridized carbons (Fsp3) is 1.00. The monoisotopic (exact) mass is 242 g/mol. The second kappa shape index (κ2) is 6.14. The minimum atomic E-state index is -0.0325. The fourth-order valence-electron chi connectivity index (χ4n) is 2.89. The first-order valence-electron chi connectivity index (χ1n) is 6.88. The Morgan fingerprint density at radius 1 is 1.35 bits per heavy atom. The Morgan fingerprint density at radius 2 is 2.12 bits per heavy atom. The molecule has 2 aliphatic rings. The summed E-state index contributed by atoms with van der Waals surface area (Å²) in [5.41, 5.74) is 0. The van der Waals surface area contributed by atoms with Gasteiger partial charge in [0.25, 0.3) is 0 Å². The number of hydrogen-bond acceptors (Lipinski definition) is 4. The van der Waals surface area contributed by atoms with Gasteiger partial charge in [0.15, 0.2) is 0 Å². The van der Waals surface area contributed by atoms with Gasteiger partial charge in [0.1, 0.15) is 0 Å². The van der Waals surface area contributed by atoms with Crippen molar-refractivity contribution in [2.45, 2.75) is 32.0 Å². The van der Waals surface area contributed by atoms with Gasteiger partial charge in [-0.05, 0) is 32.4 Å². The van der Waals surface area contributed by atoms with Gasteiger partial charge in [0, 0.05) is 26.2 Å². The van der Waals surface area contributed by atoms with Crippen molar-refractivity contribution < 1.29 is 9.84 Å². The van der Waals surface area contributed by atoms with E-state index in [0.29, 0.717) is 12.0 Å². The Kier molecular flexibility index (Phi) is 4.79. The molecule has 2 rings (SSSR count). The summed E-state index contributed by atoms with van der Waals surface area (Å²) in [6, 6.07) is 0. The van der Waals surface area contributed by atoms with Crippen molar-refractivity contribution in [2.24, 2.45) is 5.92 Å². The SMILES string of the molecule is CCN1CCOC(CN(C)CC2CC(O)C2)C1. The first-order chi connectivity index (χ1) is 8.17. The van der Waals surface area contributed by atoms with E-state index in [1.807, 2.05) is 0 Å². The molecule has 17 heavy (non-hydrogen) atoms. The molecule has 0 amide bonds. The summed E-state index contributed by atoms with van der Waals surface area (Å²) in [4.78, 5) is 4.81. The Balaban J connectivity index is 1.65. The summed E-state index contributed by atoms with van der Waals surface area (Å²) in [7, 11) is 2.17. The van der Waals surface area contributed by atoms with E-state index < -0.39 is 0 Å². The molecule has 1 saturated carbocycles. The minimum absolute atomic E-state index is 0.0325. The lowest BCUT2D eigenvalue weighted by Gasteiger charge is -2.37. The number of rotatable bonds is 5. The van der Waals surface area contributed by atoms with Crippen LogP contribution in [0.25, 0.3) is 0 Å². The van der Waals surface area contributed by atoms with Crippen LogP contribution < -0.4 is 0 Å². The first kappa shape index (κ1) is 13.3. The van der Waals surface area contributed by atoms with Crippen LogP contribution in [-0.4, -0.2) is 73.5 Å². The third-order valence-electron chi connectivity index (χ3n) is 3.97. The maximum Gasteiger partial charge on any atom is 0.0829 e. The van der Waals surface area contributed by atoms with Crippen LogP contribution in [0.3, 0.4) is 0 Å². The first-order valence-corrected chi connectivity index (χ1v) is 6.88. The third kappa shape index (κ3) is 3.91. The molecule has 0 bridgehead atoms. The summed E-state index contributed by atoms with van der Waals surface area (Å²) in [5.74, 6) is 0.695. The number of ether oxygens (including phenoxy) is 1. The van der Waals surface area contributed by atoms with Gasteiger partial charge in [0.2, 0.25) is 0 Å². The van der Waals surface area contributed by atoms with Gasteiger partial charge in [-0.2, -0.15) is 0 Å². The van der Waals surface area contributed by atoms with Gasteiger partial charge >= 0.3 is 0 Å². The van der Waals surface area contributed by atoms with E-state index in [1.54, 1.807) is 0 Å². The van der Waals surface area contributed by atoms with Gasteiger partial charge in [-0.25, -0.2) is 0 Å². The molecule has 0 aromatic heterocycles. The molecule has 1 aliphatic carbocycles. The Morgan fingerprint density at radius 3 is 2.76 bits per heavy atom. The summed E-state index contributed by atoms with van der Waals surface area (Å²) in [6.45, 7) is 8.46. The number of aliphatic hydroxyl groups excluding tert-OH is 1. The van der Waals surface area contributed by atoms with Crippen LogP contribution in [0.4, 0.5) is 0 Å². The zero-order valence-corrected chi connectivity index (χ0v) is 11.1. The van der Waals surface area contributed by atoms with E-state index in [-0.39, 0.29) is 6.10 Å². The molecule has 0 spiro atoms. The van der Waals surface area contributed by atoms with Crippen LogP contribution in [0.2, 0.25) is 0 Å². The Labute approximate surface area is 105 Å². The van der Waals surface area contributed by atoms with Crippen LogP contribution in [0.15, 0.2) is 0 Å². The quantitative estimate of drug-likeness (QED) is 0.757. The Bertz CT molecular complexity index is 231. The molecule has 2 fully saturated rings. The summed E-state index contributed by atoms with van der Waals surface area (Å²) < 4.78 is 5.80. The number of morpholine rings is 1. The molecule has 0 aromatic rings. The average molecular weight is 242 g/mol. The van der Waals surface area contributed by atoms with Crippen LogP contribution >= 0.6 is 0 Å². The molecule has 1 aliphatic heterocycles. The van der Waals surface area contributed by atoms with E-state index in [4.69, 9.17) is 4.74 Å². The second-order valence-electron chi connectivity index (χ2n) is 5.60. The van der Waals surface area contributed by atoms with Crippen molar-refractivity contribution in [3.05, 3.63) is 0 Å². The largest absolute Gasteiger partial charge is 0.393 e. The van der Waals surface area contributed by atoms with E-state index in [2.05, 4.69) is 23.8 Å². The van der Waals surface area contributed by atoms with E-state index in [1.165, 1.54) is 0 Å². The standard InChI is InChI=1S/C13H26N2O2/c1-3-15-4-5-17-13(10-15)9-14(2)8-11-6-12(16)7-11/h11-13,16H,3-10H2,1-2H3. The molecule has 4 heteroatoms. The maximum atomic E-state index is 9.27. The zero-order chi connectivity index (χ0) is 12.3. The van der Waals surface area contributed by atoms with Gasteiger partial charge in [0.05, 0.1) is 18.8 Å². The predicted octanol–water partition coefficient (Wildman–Crippen LogP) is 0.410. The summed E-state index contributed by atoms with van der Waals surface area (Å²) in [5, 5.41) is 9.27.